The molecule has 1 aliphatic carbocycles. The lowest BCUT2D eigenvalue weighted by Crippen LogP contribution is -2.27. The minimum absolute atomic E-state index is 0.0514. The molecule has 1 aliphatic rings. The lowest BCUT2D eigenvalue weighted by Gasteiger charge is -2.11. The number of benzene rings is 1. The molecule has 1 aromatic rings. The Hall–Kier alpha value is -1.44. The Balaban J connectivity index is 2.13. The van der Waals surface area contributed by atoms with Gasteiger partial charge in [0.2, 0.25) is 15.9 Å². The van der Waals surface area contributed by atoms with E-state index in [1.807, 2.05) is 0 Å². The minimum Gasteiger partial charge on any atom is -0.330 e. The molecular formula is C13H19N3O3S. The zero-order valence-electron chi connectivity index (χ0n) is 11.3. The van der Waals surface area contributed by atoms with Crippen molar-refractivity contribution in [2.45, 2.75) is 30.7 Å². The van der Waals surface area contributed by atoms with E-state index in [1.165, 1.54) is 12.1 Å². The van der Waals surface area contributed by atoms with E-state index >= 15 is 0 Å². The fourth-order valence-corrected chi connectivity index (χ4v) is 2.95. The number of carbonyl (C=O) groups excluding carboxylic acids is 1. The van der Waals surface area contributed by atoms with Gasteiger partial charge in [0, 0.05) is 24.2 Å². The van der Waals surface area contributed by atoms with Crippen molar-refractivity contribution < 1.29 is 13.2 Å². The van der Waals surface area contributed by atoms with Crippen LogP contribution in [0.2, 0.25) is 0 Å². The molecule has 0 saturated heterocycles. The summed E-state index contributed by atoms with van der Waals surface area (Å²) >= 11 is 0. The Labute approximate surface area is 118 Å². The van der Waals surface area contributed by atoms with Gasteiger partial charge in [0.25, 0.3) is 0 Å². The molecule has 7 heteroatoms. The molecule has 0 radical (unpaired) electrons. The highest BCUT2D eigenvalue weighted by atomic mass is 32.2. The largest absolute Gasteiger partial charge is 0.330 e. The third kappa shape index (κ3) is 3.78. The van der Waals surface area contributed by atoms with Crippen molar-refractivity contribution in [3.63, 3.8) is 0 Å². The highest BCUT2D eigenvalue weighted by molar-refractivity contribution is 7.89. The predicted molar refractivity (Wildman–Crippen MR) is 76.6 cm³/mol. The van der Waals surface area contributed by atoms with Gasteiger partial charge >= 0.3 is 0 Å². The summed E-state index contributed by atoms with van der Waals surface area (Å²) in [6, 6.07) is 6.26. The molecule has 6 nitrogen and oxygen atoms in total. The summed E-state index contributed by atoms with van der Waals surface area (Å²) in [5, 5.41) is 2.66. The van der Waals surface area contributed by atoms with Crippen molar-refractivity contribution in [1.29, 1.82) is 0 Å². The Morgan fingerprint density at radius 1 is 1.45 bits per heavy atom. The molecule has 0 bridgehead atoms. The first-order valence-corrected chi connectivity index (χ1v) is 8.04. The third-order valence-electron chi connectivity index (χ3n) is 3.11. The molecule has 0 aromatic heterocycles. The SMILES string of the molecule is CC(CN)C(=O)Nc1cccc(S(=O)(=O)NC2CC2)c1. The first-order chi connectivity index (χ1) is 9.42. The van der Waals surface area contributed by atoms with Gasteiger partial charge in [-0.25, -0.2) is 13.1 Å². The average Bonchev–Trinajstić information content (AvgIpc) is 3.21. The molecule has 1 unspecified atom stereocenters. The van der Waals surface area contributed by atoms with E-state index in [-0.39, 0.29) is 29.3 Å². The predicted octanol–water partition coefficient (Wildman–Crippen LogP) is 0.661. The Morgan fingerprint density at radius 2 is 2.15 bits per heavy atom. The number of hydrogen-bond donors (Lipinski definition) is 3. The van der Waals surface area contributed by atoms with Crippen molar-refractivity contribution in [2.75, 3.05) is 11.9 Å². The van der Waals surface area contributed by atoms with Crippen molar-refractivity contribution in [3.05, 3.63) is 24.3 Å². The normalized spacial score (nSPS) is 16.7. The second-order valence-electron chi connectivity index (χ2n) is 5.05. The maximum absolute atomic E-state index is 12.1. The van der Waals surface area contributed by atoms with Gasteiger partial charge in [0.05, 0.1) is 4.90 Å². The van der Waals surface area contributed by atoms with Gasteiger partial charge in [-0.2, -0.15) is 0 Å². The number of anilines is 1. The number of amides is 1. The van der Waals surface area contributed by atoms with Crippen LogP contribution in [0.25, 0.3) is 0 Å². The van der Waals surface area contributed by atoms with Crippen LogP contribution in [0.5, 0.6) is 0 Å². The molecule has 110 valence electrons. The lowest BCUT2D eigenvalue weighted by molar-refractivity contribution is -0.119. The van der Waals surface area contributed by atoms with Crippen molar-refractivity contribution >= 4 is 21.6 Å². The fourth-order valence-electron chi connectivity index (χ4n) is 1.60. The monoisotopic (exact) mass is 297 g/mol. The van der Waals surface area contributed by atoms with Crippen LogP contribution in [0.4, 0.5) is 5.69 Å². The molecular weight excluding hydrogens is 278 g/mol. The minimum atomic E-state index is -3.51. The van der Waals surface area contributed by atoms with Gasteiger partial charge < -0.3 is 11.1 Å². The second kappa shape index (κ2) is 5.90. The average molecular weight is 297 g/mol. The molecule has 1 amide bonds. The van der Waals surface area contributed by atoms with E-state index < -0.39 is 10.0 Å². The highest BCUT2D eigenvalue weighted by Crippen LogP contribution is 2.23. The van der Waals surface area contributed by atoms with Crippen LogP contribution in [-0.2, 0) is 14.8 Å². The Bertz CT molecular complexity index is 597. The number of nitrogens with two attached hydrogens (primary N) is 1. The molecule has 2 rings (SSSR count). The van der Waals surface area contributed by atoms with Crippen molar-refractivity contribution in [2.24, 2.45) is 11.7 Å². The van der Waals surface area contributed by atoms with Crippen molar-refractivity contribution in [3.8, 4) is 0 Å². The summed E-state index contributed by atoms with van der Waals surface area (Å²) < 4.78 is 26.7. The van der Waals surface area contributed by atoms with Crippen LogP contribution >= 0.6 is 0 Å². The summed E-state index contributed by atoms with van der Waals surface area (Å²) in [7, 11) is -3.51. The van der Waals surface area contributed by atoms with Crippen LogP contribution in [-0.4, -0.2) is 26.9 Å². The molecule has 0 heterocycles. The molecule has 1 atom stereocenters. The number of hydrogen-bond acceptors (Lipinski definition) is 4. The first-order valence-electron chi connectivity index (χ1n) is 6.55. The highest BCUT2D eigenvalue weighted by Gasteiger charge is 2.28. The smallest absolute Gasteiger partial charge is 0.240 e. The summed E-state index contributed by atoms with van der Waals surface area (Å²) in [6.45, 7) is 1.96. The fraction of sp³-hybridized carbons (Fsp3) is 0.462. The maximum Gasteiger partial charge on any atom is 0.240 e. The molecule has 1 aromatic carbocycles. The van der Waals surface area contributed by atoms with Gasteiger partial charge in [-0.05, 0) is 31.0 Å². The quantitative estimate of drug-likeness (QED) is 0.718. The van der Waals surface area contributed by atoms with Crippen LogP contribution < -0.4 is 15.8 Å². The van der Waals surface area contributed by atoms with E-state index in [0.717, 1.165) is 12.8 Å². The van der Waals surface area contributed by atoms with E-state index in [2.05, 4.69) is 10.0 Å². The molecule has 0 aliphatic heterocycles. The zero-order chi connectivity index (χ0) is 14.8. The molecule has 20 heavy (non-hydrogen) atoms. The zero-order valence-corrected chi connectivity index (χ0v) is 12.1. The topological polar surface area (TPSA) is 101 Å². The van der Waals surface area contributed by atoms with Crippen LogP contribution in [0, 0.1) is 5.92 Å². The van der Waals surface area contributed by atoms with Gasteiger partial charge in [-0.15, -0.1) is 0 Å². The second-order valence-corrected chi connectivity index (χ2v) is 6.76. The van der Waals surface area contributed by atoms with Gasteiger partial charge in [-0.1, -0.05) is 13.0 Å². The van der Waals surface area contributed by atoms with Gasteiger partial charge in [0.1, 0.15) is 0 Å². The van der Waals surface area contributed by atoms with Crippen LogP contribution in [0.3, 0.4) is 0 Å². The number of nitrogens with one attached hydrogen (secondary N) is 2. The number of carbonyl (C=O) groups is 1. The lowest BCUT2D eigenvalue weighted by atomic mass is 10.1. The number of rotatable bonds is 6. The Kier molecular flexibility index (Phi) is 4.42. The standard InChI is InChI=1S/C13H19N3O3S/c1-9(8-14)13(17)15-11-3-2-4-12(7-11)20(18,19)16-10-5-6-10/h2-4,7,9-10,16H,5-6,8,14H2,1H3,(H,15,17). The molecule has 4 N–H and O–H groups in total. The van der Waals surface area contributed by atoms with Crippen LogP contribution in [0.1, 0.15) is 19.8 Å². The first kappa shape index (κ1) is 15.0. The summed E-state index contributed by atoms with van der Waals surface area (Å²) in [5.41, 5.74) is 5.87. The van der Waals surface area contributed by atoms with Gasteiger partial charge in [-0.3, -0.25) is 4.79 Å². The van der Waals surface area contributed by atoms with Crippen LogP contribution in [0.15, 0.2) is 29.2 Å². The summed E-state index contributed by atoms with van der Waals surface area (Å²) in [4.78, 5) is 11.9. The molecule has 0 spiro atoms. The third-order valence-corrected chi connectivity index (χ3v) is 4.63. The maximum atomic E-state index is 12.1. The van der Waals surface area contributed by atoms with Crippen molar-refractivity contribution in [1.82, 2.24) is 4.72 Å². The Morgan fingerprint density at radius 3 is 2.75 bits per heavy atom. The summed E-state index contributed by atoms with van der Waals surface area (Å²) in [6.07, 6.45) is 1.76. The van der Waals surface area contributed by atoms with E-state index in [4.69, 9.17) is 5.73 Å². The number of sulfonamides is 1. The van der Waals surface area contributed by atoms with E-state index in [9.17, 15) is 13.2 Å². The molecule has 1 fully saturated rings. The van der Waals surface area contributed by atoms with E-state index in [1.54, 1.807) is 19.1 Å². The molecule has 1 saturated carbocycles. The summed E-state index contributed by atoms with van der Waals surface area (Å²) in [5.74, 6) is -0.544. The van der Waals surface area contributed by atoms with Gasteiger partial charge in [0.15, 0.2) is 0 Å². The van der Waals surface area contributed by atoms with E-state index in [0.29, 0.717) is 5.69 Å².